The van der Waals surface area contributed by atoms with Crippen molar-refractivity contribution in [3.05, 3.63) is 59.2 Å². The third-order valence-electron chi connectivity index (χ3n) is 11.5. The van der Waals surface area contributed by atoms with E-state index in [0.717, 1.165) is 37.0 Å². The zero-order chi connectivity index (χ0) is 35.8. The number of carbonyl (C=O) groups is 5. The number of ketones is 4. The van der Waals surface area contributed by atoms with E-state index in [1.54, 1.807) is 6.07 Å². The fourth-order valence-electron chi connectivity index (χ4n) is 9.05. The van der Waals surface area contributed by atoms with Gasteiger partial charge in [0.15, 0.2) is 34.5 Å². The minimum absolute atomic E-state index is 0.00292. The molecule has 0 aromatic heterocycles. The van der Waals surface area contributed by atoms with Gasteiger partial charge in [-0.15, -0.1) is 0 Å². The first-order valence-corrected chi connectivity index (χ1v) is 16.3. The normalized spacial score (nSPS) is 37.1. The summed E-state index contributed by atoms with van der Waals surface area (Å²) < 4.78 is 0. The number of aliphatic hydroxyl groups excluding tert-OH is 1. The molecule has 4 aliphatic rings. The van der Waals surface area contributed by atoms with E-state index in [9.17, 15) is 39.4 Å². The molecule has 1 amide bonds. The van der Waals surface area contributed by atoms with Crippen molar-refractivity contribution in [2.45, 2.75) is 67.4 Å². The quantitative estimate of drug-likeness (QED) is 0.150. The fraction of sp³-hybridized carbons (Fsp3) is 0.486. The molecular weight excluding hydrogens is 630 g/mol. The number of hydrogen-bond donors (Lipinski definition) is 7. The predicted molar refractivity (Wildman–Crippen MR) is 175 cm³/mol. The average molecular weight is 672 g/mol. The molecule has 2 unspecified atom stereocenters. The van der Waals surface area contributed by atoms with Gasteiger partial charge in [0.2, 0.25) is 5.91 Å². The molecular formula is C35H41N7O7. The Bertz CT molecular complexity index is 1800. The van der Waals surface area contributed by atoms with Gasteiger partial charge in [-0.3, -0.25) is 28.9 Å². The van der Waals surface area contributed by atoms with Crippen LogP contribution in [0.15, 0.2) is 42.5 Å². The number of carbonyl (C=O) groups excluding carboxylic acids is 5. The molecule has 0 bridgehead atoms. The number of rotatable bonds is 6. The number of aromatic hydroxyl groups is 1. The van der Waals surface area contributed by atoms with Crippen LogP contribution in [0.4, 0.5) is 5.69 Å². The summed E-state index contributed by atoms with van der Waals surface area (Å²) in [5.41, 5.74) is 18.4. The van der Waals surface area contributed by atoms with E-state index in [0.29, 0.717) is 5.92 Å². The number of nitrogens with two attached hydrogens (primary N) is 4. The average Bonchev–Trinajstić information content (AvgIpc) is 3.05. The molecule has 49 heavy (non-hydrogen) atoms. The molecule has 2 aromatic carbocycles. The topological polar surface area (TPSA) is 269 Å². The van der Waals surface area contributed by atoms with Crippen molar-refractivity contribution >= 4 is 34.7 Å². The number of phenolic OH excluding ortho intramolecular Hbond substituents is 1. The summed E-state index contributed by atoms with van der Waals surface area (Å²) in [6, 6.07) is 11.4. The number of hydrogen-bond acceptors (Lipinski definition) is 13. The highest BCUT2D eigenvalue weighted by Crippen LogP contribution is 2.58. The van der Waals surface area contributed by atoms with Crippen LogP contribution in [0.25, 0.3) is 0 Å². The van der Waals surface area contributed by atoms with Crippen LogP contribution in [-0.4, -0.2) is 87.5 Å². The smallest absolute Gasteiger partial charge is 0.235 e. The van der Waals surface area contributed by atoms with E-state index in [1.165, 1.54) is 31.8 Å². The second kappa shape index (κ2) is 11.8. The number of anilines is 1. The third-order valence-corrected chi connectivity index (χ3v) is 11.5. The van der Waals surface area contributed by atoms with E-state index in [1.807, 2.05) is 18.2 Å². The van der Waals surface area contributed by atoms with E-state index in [-0.39, 0.29) is 22.9 Å². The number of nitrogens with one attached hydrogen (secondary N) is 1. The summed E-state index contributed by atoms with van der Waals surface area (Å²) in [5, 5.41) is 37.5. The van der Waals surface area contributed by atoms with E-state index in [2.05, 4.69) is 17.4 Å². The van der Waals surface area contributed by atoms with Gasteiger partial charge in [-0.05, 0) is 69.3 Å². The molecule has 2 aromatic rings. The highest BCUT2D eigenvalue weighted by Gasteiger charge is 2.83. The van der Waals surface area contributed by atoms with Crippen LogP contribution in [0.2, 0.25) is 0 Å². The fourth-order valence-corrected chi connectivity index (χ4v) is 9.05. The Balaban J connectivity index is 1.38. The number of nitriles is 1. The van der Waals surface area contributed by atoms with Crippen LogP contribution < -0.4 is 28.3 Å². The van der Waals surface area contributed by atoms with Gasteiger partial charge >= 0.3 is 0 Å². The Morgan fingerprint density at radius 2 is 1.65 bits per heavy atom. The minimum Gasteiger partial charge on any atom is -0.505 e. The molecule has 14 nitrogen and oxygen atoms in total. The minimum atomic E-state index is -3.11. The van der Waals surface area contributed by atoms with Gasteiger partial charge in [-0.2, -0.15) is 5.26 Å². The Morgan fingerprint density at radius 3 is 2.22 bits per heavy atom. The highest BCUT2D eigenvalue weighted by atomic mass is 16.3. The summed E-state index contributed by atoms with van der Waals surface area (Å²) in [7, 11) is 2.67. The lowest BCUT2D eigenvalue weighted by atomic mass is 9.41. The number of phenols is 1. The van der Waals surface area contributed by atoms with Crippen LogP contribution in [-0.2, 0) is 25.6 Å². The molecule has 0 aliphatic heterocycles. The second-order valence-corrected chi connectivity index (χ2v) is 14.3. The second-order valence-electron chi connectivity index (χ2n) is 14.3. The van der Waals surface area contributed by atoms with Crippen molar-refractivity contribution in [1.29, 1.82) is 5.26 Å². The lowest BCUT2D eigenvalue weighted by Crippen LogP contribution is -2.92. The summed E-state index contributed by atoms with van der Waals surface area (Å²) in [6.07, 6.45) is 2.17. The Kier molecular flexibility index (Phi) is 8.28. The predicted octanol–water partition coefficient (Wildman–Crippen LogP) is -0.550. The van der Waals surface area contributed by atoms with Gasteiger partial charge in [0.1, 0.15) is 11.7 Å². The highest BCUT2D eigenvalue weighted by molar-refractivity contribution is 6.33. The molecule has 0 radical (unpaired) electrons. The van der Waals surface area contributed by atoms with Crippen molar-refractivity contribution in [2.24, 2.45) is 46.1 Å². The van der Waals surface area contributed by atoms with Crippen LogP contribution in [0.5, 0.6) is 5.75 Å². The summed E-state index contributed by atoms with van der Waals surface area (Å²) in [5.74, 6) is -11.1. The van der Waals surface area contributed by atoms with Gasteiger partial charge in [0.25, 0.3) is 0 Å². The maximum absolute atomic E-state index is 14.6. The first-order chi connectivity index (χ1) is 23.1. The number of nitrogens with zero attached hydrogens (tertiary/aromatic N) is 2. The molecule has 0 saturated heterocycles. The molecule has 14 heteroatoms. The summed E-state index contributed by atoms with van der Waals surface area (Å²) in [6.45, 7) is 0. The molecule has 3 saturated carbocycles. The van der Waals surface area contributed by atoms with E-state index < -0.39 is 81.3 Å². The zero-order valence-corrected chi connectivity index (χ0v) is 27.3. The lowest BCUT2D eigenvalue weighted by molar-refractivity contribution is -0.181. The van der Waals surface area contributed by atoms with Gasteiger partial charge in [0, 0.05) is 6.04 Å². The number of fused-ring (bicyclic) bond motifs is 3. The molecule has 4 aliphatic carbocycles. The largest absolute Gasteiger partial charge is 0.505 e. The number of aliphatic hydroxyl groups is 1. The molecule has 6 rings (SSSR count). The van der Waals surface area contributed by atoms with Crippen molar-refractivity contribution < 1.29 is 34.2 Å². The van der Waals surface area contributed by atoms with Crippen molar-refractivity contribution in [2.75, 3.05) is 19.4 Å². The van der Waals surface area contributed by atoms with Crippen LogP contribution in [0.1, 0.15) is 53.2 Å². The first kappa shape index (κ1) is 34.3. The third kappa shape index (κ3) is 4.53. The Labute approximate surface area is 282 Å². The van der Waals surface area contributed by atoms with Crippen molar-refractivity contribution in [1.82, 2.24) is 4.90 Å². The van der Waals surface area contributed by atoms with Crippen LogP contribution >= 0.6 is 0 Å². The number of primary amides is 1. The monoisotopic (exact) mass is 671 g/mol. The van der Waals surface area contributed by atoms with E-state index in [4.69, 9.17) is 22.9 Å². The van der Waals surface area contributed by atoms with Gasteiger partial charge in [-0.25, -0.2) is 0 Å². The molecule has 3 fully saturated rings. The van der Waals surface area contributed by atoms with Crippen LogP contribution in [0, 0.1) is 34.5 Å². The van der Waals surface area contributed by atoms with Crippen molar-refractivity contribution in [3.63, 3.8) is 0 Å². The van der Waals surface area contributed by atoms with Gasteiger partial charge < -0.3 is 38.5 Å². The number of benzene rings is 2. The molecule has 0 heterocycles. The Hall–Kier alpha value is -4.52. The van der Waals surface area contributed by atoms with Gasteiger partial charge in [0.05, 0.1) is 46.6 Å². The number of Topliss-reactive ketones (excluding diaryl/α,β-unsaturated/α-hetero) is 4. The Morgan fingerprint density at radius 1 is 1.02 bits per heavy atom. The zero-order valence-electron chi connectivity index (χ0n) is 27.3. The molecule has 258 valence electrons. The van der Waals surface area contributed by atoms with Crippen LogP contribution in [0.3, 0.4) is 0 Å². The van der Waals surface area contributed by atoms with Gasteiger partial charge in [-0.1, -0.05) is 36.4 Å². The summed E-state index contributed by atoms with van der Waals surface area (Å²) >= 11 is 0. The van der Waals surface area contributed by atoms with E-state index >= 15 is 0 Å². The van der Waals surface area contributed by atoms with Crippen molar-refractivity contribution in [3.8, 4) is 11.8 Å². The first-order valence-electron chi connectivity index (χ1n) is 16.3. The molecule has 0 spiro atoms. The number of amides is 1. The maximum atomic E-state index is 14.6. The standard InChI is InChI=1S/C35H41N7O7/c1-42(2)28-26(45)22(31(38)48)29(46)33(15-36)30(47)23-25(44)21-19(27(37)34(23,39)32(49)35(28,33)40)12-13-20(24(21)43)41-18-10-8-17(9-11-18)14-16-6-4-3-5-7-16/h3-7,12-13,17-18,22-23,27-28,32,41,43,49H,8-11,14,37,39-40H2,1-2H3,(H2,38,48)/t17?,18?,22?,23?,27-,28+,32-,33-,34+,35-/m0/s1. The summed E-state index contributed by atoms with van der Waals surface area (Å²) in [4.78, 5) is 70.1. The SMILES string of the molecule is CN(C)[C@@H]1C(=O)C(C(N)=O)C(=O)[C@@]2(C#N)C(=O)C3C(=O)c4c(ccc(NC5CCC(Cc6ccccc6)CC5)c4O)[C@H](N)[C@@]3(N)[C@H](O)[C@@]12N. The lowest BCUT2D eigenvalue weighted by Gasteiger charge is -2.64. The molecule has 11 N–H and O–H groups in total. The molecule has 8 atom stereocenters. The maximum Gasteiger partial charge on any atom is 0.235 e. The number of likely N-dealkylation sites (N-methyl/N-ethyl adjacent to an activating group) is 1.